The molecule has 0 N–H and O–H groups in total. The van der Waals surface area contributed by atoms with Gasteiger partial charge < -0.3 is 14.4 Å². The second kappa shape index (κ2) is 8.12. The molecule has 3 nitrogen and oxygen atoms in total. The number of hydrogen-bond acceptors (Lipinski definition) is 3. The van der Waals surface area contributed by atoms with Crippen LogP contribution in [0.4, 0.5) is 4.39 Å². The van der Waals surface area contributed by atoms with Crippen LogP contribution in [0.15, 0.2) is 24.3 Å². The molecule has 1 aliphatic rings. The number of halogens is 1. The van der Waals surface area contributed by atoms with Crippen molar-refractivity contribution < 1.29 is 13.9 Å². The van der Waals surface area contributed by atoms with E-state index in [2.05, 4.69) is 4.90 Å². The summed E-state index contributed by atoms with van der Waals surface area (Å²) in [6.45, 7) is 5.26. The molecule has 0 spiro atoms. The number of ether oxygens (including phenoxy) is 2. The van der Waals surface area contributed by atoms with Crippen molar-refractivity contribution in [3.63, 3.8) is 0 Å². The van der Waals surface area contributed by atoms with E-state index in [1.807, 2.05) is 0 Å². The third-order valence-corrected chi connectivity index (χ3v) is 3.31. The van der Waals surface area contributed by atoms with Gasteiger partial charge in [0.1, 0.15) is 18.2 Å². The second-order valence-electron chi connectivity index (χ2n) is 4.82. The highest BCUT2D eigenvalue weighted by Gasteiger charge is 2.08. The van der Waals surface area contributed by atoms with Crippen molar-refractivity contribution in [3.05, 3.63) is 30.1 Å². The zero-order valence-electron chi connectivity index (χ0n) is 11.3. The minimum Gasteiger partial charge on any atom is -0.491 e. The fourth-order valence-electron chi connectivity index (χ4n) is 2.23. The highest BCUT2D eigenvalue weighted by Crippen LogP contribution is 2.10. The van der Waals surface area contributed by atoms with Crippen LogP contribution in [0.1, 0.15) is 19.3 Å². The largest absolute Gasteiger partial charge is 0.491 e. The van der Waals surface area contributed by atoms with Gasteiger partial charge in [-0.3, -0.25) is 0 Å². The molecule has 1 aromatic rings. The normalized spacial score (nSPS) is 16.5. The molecule has 4 heteroatoms. The first kappa shape index (κ1) is 14.3. The SMILES string of the molecule is Fc1ccc(OCCOCCN2CCCCC2)cc1. The molecule has 0 amide bonds. The maximum atomic E-state index is 12.7. The Morgan fingerprint density at radius 3 is 2.42 bits per heavy atom. The number of rotatable bonds is 7. The molecule has 1 fully saturated rings. The van der Waals surface area contributed by atoms with E-state index in [0.717, 1.165) is 13.2 Å². The summed E-state index contributed by atoms with van der Waals surface area (Å²) in [7, 11) is 0. The van der Waals surface area contributed by atoms with Crippen LogP contribution in [0.5, 0.6) is 5.75 Å². The number of benzene rings is 1. The van der Waals surface area contributed by atoms with E-state index in [1.54, 1.807) is 12.1 Å². The second-order valence-corrected chi connectivity index (χ2v) is 4.82. The quantitative estimate of drug-likeness (QED) is 0.709. The van der Waals surface area contributed by atoms with Crippen LogP contribution < -0.4 is 4.74 Å². The fourth-order valence-corrected chi connectivity index (χ4v) is 2.23. The van der Waals surface area contributed by atoms with E-state index in [4.69, 9.17) is 9.47 Å². The molecule has 0 saturated carbocycles. The lowest BCUT2D eigenvalue weighted by Gasteiger charge is -2.26. The van der Waals surface area contributed by atoms with E-state index in [-0.39, 0.29) is 5.82 Å². The van der Waals surface area contributed by atoms with E-state index in [0.29, 0.717) is 19.0 Å². The Balaban J connectivity index is 1.49. The highest BCUT2D eigenvalue weighted by atomic mass is 19.1. The minimum absolute atomic E-state index is 0.245. The minimum atomic E-state index is -0.245. The van der Waals surface area contributed by atoms with Gasteiger partial charge in [-0.1, -0.05) is 6.42 Å². The lowest BCUT2D eigenvalue weighted by molar-refractivity contribution is 0.0750. The molecule has 1 aromatic carbocycles. The van der Waals surface area contributed by atoms with Gasteiger partial charge in [0, 0.05) is 6.54 Å². The molecule has 0 bridgehead atoms. The molecular formula is C15H22FNO2. The molecule has 0 aromatic heterocycles. The van der Waals surface area contributed by atoms with Crippen molar-refractivity contribution in [2.45, 2.75) is 19.3 Å². The summed E-state index contributed by atoms with van der Waals surface area (Å²) in [6, 6.07) is 6.05. The molecule has 106 valence electrons. The first-order valence-electron chi connectivity index (χ1n) is 7.03. The third-order valence-electron chi connectivity index (χ3n) is 3.31. The van der Waals surface area contributed by atoms with Gasteiger partial charge in [0.05, 0.1) is 13.2 Å². The Labute approximate surface area is 114 Å². The van der Waals surface area contributed by atoms with E-state index < -0.39 is 0 Å². The molecule has 0 unspecified atom stereocenters. The number of piperidine rings is 1. The third kappa shape index (κ3) is 5.57. The lowest BCUT2D eigenvalue weighted by atomic mass is 10.1. The monoisotopic (exact) mass is 267 g/mol. The van der Waals surface area contributed by atoms with Crippen LogP contribution in [0, 0.1) is 5.82 Å². The summed E-state index contributed by atoms with van der Waals surface area (Å²) in [6.07, 6.45) is 3.99. The Bertz CT molecular complexity index is 350. The maximum Gasteiger partial charge on any atom is 0.123 e. The van der Waals surface area contributed by atoms with Crippen LogP contribution in [0.3, 0.4) is 0 Å². The van der Waals surface area contributed by atoms with E-state index in [9.17, 15) is 4.39 Å². The molecular weight excluding hydrogens is 245 g/mol. The zero-order chi connectivity index (χ0) is 13.3. The van der Waals surface area contributed by atoms with Crippen LogP contribution in [-0.2, 0) is 4.74 Å². The Kier molecular flexibility index (Phi) is 6.11. The Morgan fingerprint density at radius 2 is 1.68 bits per heavy atom. The summed E-state index contributed by atoms with van der Waals surface area (Å²) in [4.78, 5) is 2.45. The highest BCUT2D eigenvalue weighted by molar-refractivity contribution is 5.21. The summed E-state index contributed by atoms with van der Waals surface area (Å²) < 4.78 is 23.7. The van der Waals surface area contributed by atoms with Gasteiger partial charge in [-0.2, -0.15) is 0 Å². The lowest BCUT2D eigenvalue weighted by Crippen LogP contribution is -2.32. The zero-order valence-corrected chi connectivity index (χ0v) is 11.3. The molecule has 1 saturated heterocycles. The van der Waals surface area contributed by atoms with Crippen molar-refractivity contribution >= 4 is 0 Å². The predicted molar refractivity (Wildman–Crippen MR) is 73.0 cm³/mol. The molecule has 0 radical (unpaired) electrons. The molecule has 1 heterocycles. The average Bonchev–Trinajstić information content (AvgIpc) is 2.46. The standard InChI is InChI=1S/C15H22FNO2/c16-14-4-6-15(7-5-14)19-13-12-18-11-10-17-8-2-1-3-9-17/h4-7H,1-3,8-13H2. The molecule has 0 atom stereocenters. The van der Waals surface area contributed by atoms with E-state index in [1.165, 1.54) is 44.5 Å². The Hall–Kier alpha value is -1.13. The van der Waals surface area contributed by atoms with Gasteiger partial charge in [0.2, 0.25) is 0 Å². The number of nitrogens with zero attached hydrogens (tertiary/aromatic N) is 1. The van der Waals surface area contributed by atoms with Crippen molar-refractivity contribution in [1.29, 1.82) is 0 Å². The van der Waals surface area contributed by atoms with Crippen molar-refractivity contribution in [2.24, 2.45) is 0 Å². The van der Waals surface area contributed by atoms with Crippen molar-refractivity contribution in [2.75, 3.05) is 39.5 Å². The fraction of sp³-hybridized carbons (Fsp3) is 0.600. The van der Waals surface area contributed by atoms with Gasteiger partial charge in [-0.25, -0.2) is 4.39 Å². The predicted octanol–water partition coefficient (Wildman–Crippen LogP) is 2.71. The number of likely N-dealkylation sites (tertiary alicyclic amines) is 1. The van der Waals surface area contributed by atoms with Crippen molar-refractivity contribution in [1.82, 2.24) is 4.90 Å². The van der Waals surface area contributed by atoms with Gasteiger partial charge in [-0.15, -0.1) is 0 Å². The molecule has 1 aliphatic heterocycles. The summed E-state index contributed by atoms with van der Waals surface area (Å²) >= 11 is 0. The van der Waals surface area contributed by atoms with Gasteiger partial charge >= 0.3 is 0 Å². The summed E-state index contributed by atoms with van der Waals surface area (Å²) in [5.74, 6) is 0.436. The van der Waals surface area contributed by atoms with E-state index >= 15 is 0 Å². The first-order chi connectivity index (χ1) is 9.34. The molecule has 0 aliphatic carbocycles. The Morgan fingerprint density at radius 1 is 0.947 bits per heavy atom. The molecule has 19 heavy (non-hydrogen) atoms. The summed E-state index contributed by atoms with van der Waals surface area (Å²) in [5.41, 5.74) is 0. The smallest absolute Gasteiger partial charge is 0.123 e. The maximum absolute atomic E-state index is 12.7. The topological polar surface area (TPSA) is 21.7 Å². The van der Waals surface area contributed by atoms with Gasteiger partial charge in [0.25, 0.3) is 0 Å². The van der Waals surface area contributed by atoms with Crippen LogP contribution in [-0.4, -0.2) is 44.4 Å². The first-order valence-corrected chi connectivity index (χ1v) is 7.03. The van der Waals surface area contributed by atoms with Crippen LogP contribution in [0.25, 0.3) is 0 Å². The molecule has 2 rings (SSSR count). The number of hydrogen-bond donors (Lipinski definition) is 0. The van der Waals surface area contributed by atoms with Gasteiger partial charge in [-0.05, 0) is 50.2 Å². The van der Waals surface area contributed by atoms with Crippen LogP contribution >= 0.6 is 0 Å². The van der Waals surface area contributed by atoms with Gasteiger partial charge in [0.15, 0.2) is 0 Å². The average molecular weight is 267 g/mol. The van der Waals surface area contributed by atoms with Crippen LogP contribution in [0.2, 0.25) is 0 Å². The van der Waals surface area contributed by atoms with Crippen molar-refractivity contribution in [3.8, 4) is 5.75 Å². The summed E-state index contributed by atoms with van der Waals surface area (Å²) in [5, 5.41) is 0.